The standard InChI is InChI=1S/C17H16N2O/c1-12-18-16(17(20)19-12)11-14-9-5-6-10-15(14)13-7-3-2-4-8-13/h2-10,20H,11H2,1H3,(H,18,19). The predicted molar refractivity (Wildman–Crippen MR) is 79.7 cm³/mol. The van der Waals surface area contributed by atoms with Crippen LogP contribution in [-0.2, 0) is 6.42 Å². The van der Waals surface area contributed by atoms with Crippen LogP contribution in [-0.4, -0.2) is 15.1 Å². The molecule has 3 heteroatoms. The van der Waals surface area contributed by atoms with Crippen molar-refractivity contribution >= 4 is 0 Å². The van der Waals surface area contributed by atoms with Gasteiger partial charge in [0, 0.05) is 6.42 Å². The topological polar surface area (TPSA) is 48.9 Å². The van der Waals surface area contributed by atoms with Gasteiger partial charge in [-0.3, -0.25) is 0 Å². The van der Waals surface area contributed by atoms with Crippen LogP contribution in [0.1, 0.15) is 17.1 Å². The summed E-state index contributed by atoms with van der Waals surface area (Å²) in [6.07, 6.45) is 0.637. The predicted octanol–water partition coefficient (Wildman–Crippen LogP) is 3.68. The lowest BCUT2D eigenvalue weighted by Crippen LogP contribution is -1.93. The molecule has 0 radical (unpaired) electrons. The molecule has 2 N–H and O–H groups in total. The Bertz CT molecular complexity index is 717. The molecular weight excluding hydrogens is 248 g/mol. The second-order valence-electron chi connectivity index (χ2n) is 4.82. The lowest BCUT2D eigenvalue weighted by Gasteiger charge is -2.09. The lowest BCUT2D eigenvalue weighted by atomic mass is 9.97. The van der Waals surface area contributed by atoms with Crippen LogP contribution in [0.15, 0.2) is 54.6 Å². The van der Waals surface area contributed by atoms with Gasteiger partial charge in [-0.2, -0.15) is 4.98 Å². The number of benzene rings is 2. The first-order chi connectivity index (χ1) is 9.74. The Balaban J connectivity index is 2.01. The fourth-order valence-electron chi connectivity index (χ4n) is 2.42. The van der Waals surface area contributed by atoms with Crippen LogP contribution in [0.5, 0.6) is 5.88 Å². The first-order valence-corrected chi connectivity index (χ1v) is 6.62. The molecular formula is C17H16N2O. The Hall–Kier alpha value is -2.55. The van der Waals surface area contributed by atoms with E-state index in [1.54, 1.807) is 0 Å². The maximum absolute atomic E-state index is 9.81. The second-order valence-corrected chi connectivity index (χ2v) is 4.82. The Morgan fingerprint density at radius 3 is 2.40 bits per heavy atom. The molecule has 2 aromatic carbocycles. The molecule has 0 amide bonds. The average molecular weight is 264 g/mol. The first kappa shape index (κ1) is 12.5. The Labute approximate surface area is 117 Å². The summed E-state index contributed by atoms with van der Waals surface area (Å²) in [5, 5.41) is 9.81. The van der Waals surface area contributed by atoms with Crippen LogP contribution < -0.4 is 0 Å². The lowest BCUT2D eigenvalue weighted by molar-refractivity contribution is 0.450. The minimum atomic E-state index is 0.0883. The van der Waals surface area contributed by atoms with Gasteiger partial charge in [0.25, 0.3) is 0 Å². The van der Waals surface area contributed by atoms with E-state index in [9.17, 15) is 5.11 Å². The summed E-state index contributed by atoms with van der Waals surface area (Å²) < 4.78 is 0. The second kappa shape index (κ2) is 5.21. The number of aromatic nitrogens is 2. The van der Waals surface area contributed by atoms with Crippen LogP contribution >= 0.6 is 0 Å². The van der Waals surface area contributed by atoms with E-state index in [-0.39, 0.29) is 5.88 Å². The van der Waals surface area contributed by atoms with Gasteiger partial charge in [0.05, 0.1) is 5.69 Å². The molecule has 0 bridgehead atoms. The van der Waals surface area contributed by atoms with Crippen molar-refractivity contribution in [2.75, 3.05) is 0 Å². The first-order valence-electron chi connectivity index (χ1n) is 6.62. The van der Waals surface area contributed by atoms with Gasteiger partial charge in [-0.05, 0) is 23.6 Å². The quantitative estimate of drug-likeness (QED) is 0.758. The van der Waals surface area contributed by atoms with E-state index in [2.05, 4.69) is 34.2 Å². The van der Waals surface area contributed by atoms with E-state index in [1.165, 1.54) is 11.1 Å². The van der Waals surface area contributed by atoms with Crippen molar-refractivity contribution in [2.24, 2.45) is 0 Å². The largest absolute Gasteiger partial charge is 0.492 e. The minimum absolute atomic E-state index is 0.0883. The molecule has 3 nitrogen and oxygen atoms in total. The van der Waals surface area contributed by atoms with E-state index in [1.807, 2.05) is 37.3 Å². The highest BCUT2D eigenvalue weighted by Crippen LogP contribution is 2.27. The van der Waals surface area contributed by atoms with Crippen molar-refractivity contribution in [1.29, 1.82) is 0 Å². The monoisotopic (exact) mass is 264 g/mol. The Kier molecular flexibility index (Phi) is 3.25. The zero-order valence-corrected chi connectivity index (χ0v) is 11.3. The van der Waals surface area contributed by atoms with Crippen LogP contribution in [0.3, 0.4) is 0 Å². The number of aromatic amines is 1. The molecule has 0 saturated heterocycles. The highest BCUT2D eigenvalue weighted by Gasteiger charge is 2.10. The van der Waals surface area contributed by atoms with Gasteiger partial charge in [-0.15, -0.1) is 0 Å². The van der Waals surface area contributed by atoms with Crippen LogP contribution in [0.4, 0.5) is 0 Å². The number of rotatable bonds is 3. The molecule has 100 valence electrons. The van der Waals surface area contributed by atoms with E-state index in [4.69, 9.17) is 0 Å². The smallest absolute Gasteiger partial charge is 0.232 e. The third kappa shape index (κ3) is 2.43. The molecule has 0 spiro atoms. The molecule has 3 aromatic rings. The zero-order valence-electron chi connectivity index (χ0n) is 11.3. The van der Waals surface area contributed by atoms with Crippen molar-refractivity contribution < 1.29 is 5.11 Å². The van der Waals surface area contributed by atoms with Gasteiger partial charge in [0.2, 0.25) is 5.88 Å². The number of H-pyrrole nitrogens is 1. The van der Waals surface area contributed by atoms with Gasteiger partial charge in [0.1, 0.15) is 5.82 Å². The number of aryl methyl sites for hydroxylation is 1. The van der Waals surface area contributed by atoms with Gasteiger partial charge in [-0.1, -0.05) is 54.6 Å². The fraction of sp³-hybridized carbons (Fsp3) is 0.118. The van der Waals surface area contributed by atoms with Crippen molar-refractivity contribution in [3.8, 4) is 17.0 Å². The third-order valence-corrected chi connectivity index (χ3v) is 3.34. The number of hydrogen-bond acceptors (Lipinski definition) is 2. The van der Waals surface area contributed by atoms with E-state index >= 15 is 0 Å². The summed E-state index contributed by atoms with van der Waals surface area (Å²) in [5.74, 6) is 0.819. The van der Waals surface area contributed by atoms with Gasteiger partial charge < -0.3 is 10.1 Å². The molecule has 0 atom stereocenters. The van der Waals surface area contributed by atoms with Gasteiger partial charge >= 0.3 is 0 Å². The maximum Gasteiger partial charge on any atom is 0.232 e. The fourth-order valence-corrected chi connectivity index (χ4v) is 2.42. The molecule has 0 aliphatic heterocycles. The van der Waals surface area contributed by atoms with Crippen molar-refractivity contribution in [2.45, 2.75) is 13.3 Å². The van der Waals surface area contributed by atoms with Crippen molar-refractivity contribution in [3.63, 3.8) is 0 Å². The average Bonchev–Trinajstić information content (AvgIpc) is 2.78. The molecule has 0 fully saturated rings. The number of hydrogen-bond donors (Lipinski definition) is 2. The molecule has 0 aliphatic rings. The maximum atomic E-state index is 9.81. The van der Waals surface area contributed by atoms with Crippen molar-refractivity contribution in [3.05, 3.63) is 71.7 Å². The van der Waals surface area contributed by atoms with Gasteiger partial charge in [0.15, 0.2) is 0 Å². The Morgan fingerprint density at radius 1 is 1.00 bits per heavy atom. The van der Waals surface area contributed by atoms with Crippen LogP contribution in [0, 0.1) is 6.92 Å². The Morgan fingerprint density at radius 2 is 1.70 bits per heavy atom. The van der Waals surface area contributed by atoms with Gasteiger partial charge in [-0.25, -0.2) is 0 Å². The number of aromatic hydroxyl groups is 1. The number of nitrogens with one attached hydrogen (secondary N) is 1. The SMILES string of the molecule is Cc1nc(O)c(Cc2ccccc2-c2ccccc2)[nH]1. The molecule has 1 aromatic heterocycles. The summed E-state index contributed by atoms with van der Waals surface area (Å²) >= 11 is 0. The van der Waals surface area contributed by atoms with E-state index in [0.29, 0.717) is 6.42 Å². The molecule has 20 heavy (non-hydrogen) atoms. The molecule has 3 rings (SSSR count). The van der Waals surface area contributed by atoms with E-state index in [0.717, 1.165) is 17.1 Å². The summed E-state index contributed by atoms with van der Waals surface area (Å²) in [4.78, 5) is 7.12. The van der Waals surface area contributed by atoms with E-state index < -0.39 is 0 Å². The third-order valence-electron chi connectivity index (χ3n) is 3.34. The summed E-state index contributed by atoms with van der Waals surface area (Å²) in [7, 11) is 0. The molecule has 0 unspecified atom stereocenters. The molecule has 0 aliphatic carbocycles. The van der Waals surface area contributed by atoms with Crippen LogP contribution in [0.2, 0.25) is 0 Å². The summed E-state index contributed by atoms with van der Waals surface area (Å²) in [6, 6.07) is 18.5. The van der Waals surface area contributed by atoms with Crippen molar-refractivity contribution in [1.82, 2.24) is 9.97 Å². The number of imidazole rings is 1. The highest BCUT2D eigenvalue weighted by atomic mass is 16.3. The normalized spacial score (nSPS) is 10.7. The zero-order chi connectivity index (χ0) is 13.9. The highest BCUT2D eigenvalue weighted by molar-refractivity contribution is 5.67. The number of nitrogens with zero attached hydrogens (tertiary/aromatic N) is 1. The van der Waals surface area contributed by atoms with Crippen LogP contribution in [0.25, 0.3) is 11.1 Å². The summed E-state index contributed by atoms with van der Waals surface area (Å²) in [5.41, 5.74) is 4.28. The molecule has 0 saturated carbocycles. The molecule has 1 heterocycles. The minimum Gasteiger partial charge on any atom is -0.492 e. The summed E-state index contributed by atoms with van der Waals surface area (Å²) in [6.45, 7) is 1.84.